The van der Waals surface area contributed by atoms with Crippen LogP contribution < -0.4 is 9.79 Å². The Bertz CT molecular complexity index is 294. The van der Waals surface area contributed by atoms with Gasteiger partial charge in [-0.1, -0.05) is 39.0 Å². The van der Waals surface area contributed by atoms with E-state index < -0.39 is 24.0 Å². The molecule has 0 aromatic rings. The maximum Gasteiger partial charge on any atom is 2.00 e. The summed E-state index contributed by atoms with van der Waals surface area (Å²) in [6, 6.07) is 0. The molecule has 0 atom stereocenters. The fraction of sp³-hybridized carbons (Fsp3) is 1.00. The van der Waals surface area contributed by atoms with Crippen molar-refractivity contribution in [2.75, 3.05) is 6.16 Å². The van der Waals surface area contributed by atoms with E-state index >= 15 is 0 Å². The molecule has 0 aromatic heterocycles. The van der Waals surface area contributed by atoms with Crippen molar-refractivity contribution < 1.29 is 48.3 Å². The van der Waals surface area contributed by atoms with E-state index in [0.29, 0.717) is 6.42 Å². The van der Waals surface area contributed by atoms with E-state index in [-0.39, 0.29) is 43.9 Å². The summed E-state index contributed by atoms with van der Waals surface area (Å²) in [5, 5.41) is 0. The fourth-order valence-corrected chi connectivity index (χ4v) is 1.73. The fourth-order valence-electron chi connectivity index (χ4n) is 1.10. The molecule has 0 bridgehead atoms. The number of hydrogen-bond acceptors (Lipinski definition) is 7. The van der Waals surface area contributed by atoms with Crippen molar-refractivity contribution >= 4 is 61.8 Å². The first kappa shape index (κ1) is 31.6. The van der Waals surface area contributed by atoms with Gasteiger partial charge in [-0.25, -0.2) is 0 Å². The second-order valence-corrected chi connectivity index (χ2v) is 7.14. The SMILES string of the molecule is CCCCCCCCP(=O)(O)O.O=P([O-])([O-])O.OP(O)O.[Ca+2]. The minimum absolute atomic E-state index is 0. The van der Waals surface area contributed by atoms with Crippen molar-refractivity contribution in [1.82, 2.24) is 0 Å². The molecule has 10 nitrogen and oxygen atoms in total. The Kier molecular flexibility index (Phi) is 27.5. The summed E-state index contributed by atoms with van der Waals surface area (Å²) >= 11 is 0. The van der Waals surface area contributed by atoms with Gasteiger partial charge in [0.2, 0.25) is 0 Å². The van der Waals surface area contributed by atoms with Gasteiger partial charge >= 0.3 is 53.9 Å². The van der Waals surface area contributed by atoms with Gasteiger partial charge in [0.05, 0.1) is 7.82 Å². The zero-order valence-electron chi connectivity index (χ0n) is 12.3. The first-order valence-electron chi connectivity index (χ1n) is 5.95. The van der Waals surface area contributed by atoms with Crippen LogP contribution in [0.5, 0.6) is 0 Å². The Morgan fingerprint density at radius 1 is 0.864 bits per heavy atom. The Labute approximate surface area is 161 Å². The first-order chi connectivity index (χ1) is 9.29. The molecular formula is C8H23CaO10P3. The van der Waals surface area contributed by atoms with E-state index in [1.165, 1.54) is 19.3 Å². The molecule has 14 heteroatoms. The smallest absolute Gasteiger partial charge is 0.790 e. The molecule has 0 unspecified atom stereocenters. The Balaban J connectivity index is -0.000000135. The Morgan fingerprint density at radius 3 is 1.41 bits per heavy atom. The van der Waals surface area contributed by atoms with E-state index in [1.807, 2.05) is 0 Å². The molecular weight excluding hydrogens is 389 g/mol. The summed E-state index contributed by atoms with van der Waals surface area (Å²) in [6.45, 7) is 2.15. The Hall–Kier alpha value is 1.83. The van der Waals surface area contributed by atoms with Crippen LogP contribution in [0.15, 0.2) is 0 Å². The number of rotatable bonds is 7. The zero-order valence-corrected chi connectivity index (χ0v) is 17.2. The minimum atomic E-state index is -5.14. The maximum atomic E-state index is 10.4. The molecule has 0 spiro atoms. The molecule has 0 saturated carbocycles. The van der Waals surface area contributed by atoms with Crippen molar-refractivity contribution in [2.45, 2.75) is 45.4 Å². The van der Waals surface area contributed by atoms with Crippen LogP contribution >= 0.6 is 24.0 Å². The normalized spacial score (nSPS) is 10.8. The van der Waals surface area contributed by atoms with Crippen LogP contribution in [0.2, 0.25) is 0 Å². The van der Waals surface area contributed by atoms with E-state index in [9.17, 15) is 4.57 Å². The van der Waals surface area contributed by atoms with E-state index in [4.69, 9.17) is 43.7 Å². The predicted molar refractivity (Wildman–Crippen MR) is 79.4 cm³/mol. The quantitative estimate of drug-likeness (QED) is 0.174. The molecule has 0 fully saturated rings. The van der Waals surface area contributed by atoms with Gasteiger partial charge in [0, 0.05) is 6.16 Å². The van der Waals surface area contributed by atoms with Crippen LogP contribution in [0.3, 0.4) is 0 Å². The summed E-state index contributed by atoms with van der Waals surface area (Å²) in [7, 11) is -11.5. The van der Waals surface area contributed by atoms with Crippen LogP contribution in [0.4, 0.5) is 0 Å². The largest absolute Gasteiger partial charge is 2.00 e. The Morgan fingerprint density at radius 2 is 1.14 bits per heavy atom. The summed E-state index contributed by atoms with van der Waals surface area (Å²) in [4.78, 5) is 63.0. The van der Waals surface area contributed by atoms with Crippen molar-refractivity contribution in [3.05, 3.63) is 0 Å². The van der Waals surface area contributed by atoms with Crippen molar-refractivity contribution in [1.29, 1.82) is 0 Å². The van der Waals surface area contributed by atoms with Crippen LogP contribution in [0, 0.1) is 0 Å². The van der Waals surface area contributed by atoms with Crippen LogP contribution in [-0.4, -0.2) is 73.3 Å². The third-order valence-corrected chi connectivity index (χ3v) is 2.70. The standard InChI is InChI=1S/C8H19O3P.Ca.H3O4P.H3O3P/c1-2-3-4-5-6-7-8-12(9,10)11;;1-5(2,3)4;1-4(2)3/h2-8H2,1H3,(H2,9,10,11);;(H3,1,2,3,4);1-3H/q;+2;;/p-2. The third kappa shape index (κ3) is 80.8. The van der Waals surface area contributed by atoms with Gasteiger partial charge in [0.25, 0.3) is 0 Å². The minimum Gasteiger partial charge on any atom is -0.790 e. The van der Waals surface area contributed by atoms with Gasteiger partial charge in [-0.3, -0.25) is 4.57 Å². The average molecular weight is 412 g/mol. The van der Waals surface area contributed by atoms with Crippen LogP contribution in [0.25, 0.3) is 0 Å². The molecule has 0 rings (SSSR count). The van der Waals surface area contributed by atoms with Gasteiger partial charge in [-0.2, -0.15) is 0 Å². The summed E-state index contributed by atoms with van der Waals surface area (Å²) in [5.74, 6) is 0. The first-order valence-corrected chi connectivity index (χ1v) is 10.4. The van der Waals surface area contributed by atoms with E-state index in [1.54, 1.807) is 0 Å². The van der Waals surface area contributed by atoms with Crippen LogP contribution in [0.1, 0.15) is 45.4 Å². The molecule has 0 aromatic carbocycles. The maximum absolute atomic E-state index is 10.4. The van der Waals surface area contributed by atoms with E-state index in [0.717, 1.165) is 12.8 Å². The summed E-state index contributed by atoms with van der Waals surface area (Å²) in [5.41, 5.74) is 0. The molecule has 22 heavy (non-hydrogen) atoms. The second-order valence-electron chi connectivity index (χ2n) is 3.89. The second kappa shape index (κ2) is 19.2. The topological polar surface area (TPSA) is 202 Å². The zero-order chi connectivity index (χ0) is 17.5. The monoisotopic (exact) mass is 412 g/mol. The van der Waals surface area contributed by atoms with Gasteiger partial charge in [0.1, 0.15) is 0 Å². The van der Waals surface area contributed by atoms with Crippen LogP contribution in [-0.2, 0) is 9.13 Å². The molecule has 6 N–H and O–H groups in total. The van der Waals surface area contributed by atoms with Gasteiger partial charge < -0.3 is 43.7 Å². The van der Waals surface area contributed by atoms with Crippen molar-refractivity contribution in [3.63, 3.8) is 0 Å². The predicted octanol–water partition coefficient (Wildman–Crippen LogP) is -0.859. The average Bonchev–Trinajstić information content (AvgIpc) is 2.18. The summed E-state index contributed by atoms with van der Waals surface area (Å²) < 4.78 is 19.1. The molecule has 0 saturated heterocycles. The molecule has 0 radical (unpaired) electrons. The number of hydrogen-bond donors (Lipinski definition) is 6. The van der Waals surface area contributed by atoms with Gasteiger partial charge in [0.15, 0.2) is 0 Å². The van der Waals surface area contributed by atoms with Gasteiger partial charge in [-0.15, -0.1) is 0 Å². The summed E-state index contributed by atoms with van der Waals surface area (Å²) in [6.07, 6.45) is 6.40. The molecule has 132 valence electrons. The van der Waals surface area contributed by atoms with Gasteiger partial charge in [-0.05, 0) is 6.42 Å². The molecule has 0 aliphatic heterocycles. The molecule has 0 amide bonds. The molecule has 0 heterocycles. The van der Waals surface area contributed by atoms with Crippen molar-refractivity contribution in [3.8, 4) is 0 Å². The number of unbranched alkanes of at least 4 members (excludes halogenated alkanes) is 5. The molecule has 0 aliphatic rings. The van der Waals surface area contributed by atoms with E-state index in [2.05, 4.69) is 6.92 Å². The van der Waals surface area contributed by atoms with Crippen molar-refractivity contribution in [2.24, 2.45) is 0 Å². The third-order valence-electron chi connectivity index (χ3n) is 1.80. The number of phosphoric acid groups is 1. The molecule has 0 aliphatic carbocycles.